The highest BCUT2D eigenvalue weighted by Crippen LogP contribution is 2.27. The number of carbonyl (C=O) groups excluding carboxylic acids is 2. The molecule has 1 heterocycles. The summed E-state index contributed by atoms with van der Waals surface area (Å²) in [6.07, 6.45) is 1.45. The van der Waals surface area contributed by atoms with Gasteiger partial charge in [-0.15, -0.1) is 0 Å². The van der Waals surface area contributed by atoms with Crippen LogP contribution < -0.4 is 25.9 Å². The standard InChI is InChI=1S/C22H21N3O5/c1-29-18-10-8-16(12-19(18)30-2)21(27)23-24-22(28)17-9-11-20(26)25(14-17)13-15-6-4-3-5-7-15/h3-12,14H,13H2,1-2H3,(H,23,27)(H,24,28). The molecule has 8 heteroatoms. The van der Waals surface area contributed by atoms with Crippen LogP contribution in [-0.2, 0) is 6.54 Å². The Bertz CT molecular complexity index is 1110. The summed E-state index contributed by atoms with van der Waals surface area (Å²) in [5.41, 5.74) is 5.91. The second-order valence-corrected chi connectivity index (χ2v) is 6.35. The molecule has 3 rings (SSSR count). The van der Waals surface area contributed by atoms with Crippen LogP contribution in [0.2, 0.25) is 0 Å². The van der Waals surface area contributed by atoms with Gasteiger partial charge in [0, 0.05) is 17.8 Å². The number of aromatic nitrogens is 1. The first kappa shape index (κ1) is 20.7. The van der Waals surface area contributed by atoms with Crippen LogP contribution in [0.5, 0.6) is 11.5 Å². The van der Waals surface area contributed by atoms with Crippen LogP contribution in [-0.4, -0.2) is 30.6 Å². The number of hydrogen-bond donors (Lipinski definition) is 2. The van der Waals surface area contributed by atoms with E-state index < -0.39 is 11.8 Å². The smallest absolute Gasteiger partial charge is 0.271 e. The molecule has 0 atom stereocenters. The van der Waals surface area contributed by atoms with Gasteiger partial charge in [-0.1, -0.05) is 30.3 Å². The zero-order valence-corrected chi connectivity index (χ0v) is 16.5. The topological polar surface area (TPSA) is 98.7 Å². The number of pyridine rings is 1. The van der Waals surface area contributed by atoms with Crippen molar-refractivity contribution in [3.05, 3.63) is 93.9 Å². The van der Waals surface area contributed by atoms with E-state index in [1.54, 1.807) is 12.1 Å². The summed E-state index contributed by atoms with van der Waals surface area (Å²) in [5, 5.41) is 0. The molecular weight excluding hydrogens is 386 g/mol. The molecule has 8 nitrogen and oxygen atoms in total. The van der Waals surface area contributed by atoms with E-state index >= 15 is 0 Å². The van der Waals surface area contributed by atoms with Gasteiger partial charge in [0.05, 0.1) is 26.3 Å². The highest BCUT2D eigenvalue weighted by molar-refractivity contribution is 5.99. The molecule has 1 aromatic heterocycles. The zero-order valence-electron chi connectivity index (χ0n) is 16.5. The molecule has 0 saturated heterocycles. The van der Waals surface area contributed by atoms with E-state index in [-0.39, 0.29) is 16.7 Å². The average Bonchev–Trinajstić information content (AvgIpc) is 2.78. The van der Waals surface area contributed by atoms with Crippen LogP contribution in [0.25, 0.3) is 0 Å². The summed E-state index contributed by atoms with van der Waals surface area (Å²) in [5.74, 6) is -0.198. The molecule has 0 fully saturated rings. The molecule has 0 radical (unpaired) electrons. The van der Waals surface area contributed by atoms with E-state index in [0.29, 0.717) is 18.0 Å². The minimum atomic E-state index is -0.550. The lowest BCUT2D eigenvalue weighted by atomic mass is 10.2. The third-order valence-electron chi connectivity index (χ3n) is 4.38. The van der Waals surface area contributed by atoms with Gasteiger partial charge in [-0.25, -0.2) is 0 Å². The van der Waals surface area contributed by atoms with E-state index in [0.717, 1.165) is 5.56 Å². The van der Waals surface area contributed by atoms with Crippen LogP contribution >= 0.6 is 0 Å². The molecule has 30 heavy (non-hydrogen) atoms. The Morgan fingerprint density at radius 3 is 2.13 bits per heavy atom. The molecule has 154 valence electrons. The number of hydrazine groups is 1. The summed E-state index contributed by atoms with van der Waals surface area (Å²) in [4.78, 5) is 36.9. The summed E-state index contributed by atoms with van der Waals surface area (Å²) < 4.78 is 11.7. The first-order valence-electron chi connectivity index (χ1n) is 9.09. The van der Waals surface area contributed by atoms with Crippen molar-refractivity contribution < 1.29 is 19.1 Å². The quantitative estimate of drug-likeness (QED) is 0.609. The minimum absolute atomic E-state index is 0.232. The fourth-order valence-electron chi connectivity index (χ4n) is 2.80. The summed E-state index contributed by atoms with van der Waals surface area (Å²) in [7, 11) is 2.96. The van der Waals surface area contributed by atoms with Gasteiger partial charge in [0.25, 0.3) is 17.4 Å². The maximum Gasteiger partial charge on any atom is 0.271 e. The van der Waals surface area contributed by atoms with E-state index in [1.165, 1.54) is 43.2 Å². The molecule has 0 spiro atoms. The van der Waals surface area contributed by atoms with Crippen LogP contribution in [0.1, 0.15) is 26.3 Å². The van der Waals surface area contributed by atoms with Crippen LogP contribution in [0.4, 0.5) is 0 Å². The number of amides is 2. The molecule has 0 aliphatic carbocycles. The highest BCUT2D eigenvalue weighted by Gasteiger charge is 2.13. The van der Waals surface area contributed by atoms with E-state index in [4.69, 9.17) is 9.47 Å². The highest BCUT2D eigenvalue weighted by atomic mass is 16.5. The van der Waals surface area contributed by atoms with Crippen molar-refractivity contribution in [3.63, 3.8) is 0 Å². The maximum absolute atomic E-state index is 12.4. The molecule has 0 saturated carbocycles. The average molecular weight is 407 g/mol. The van der Waals surface area contributed by atoms with Gasteiger partial charge >= 0.3 is 0 Å². The van der Waals surface area contributed by atoms with Crippen molar-refractivity contribution in [2.45, 2.75) is 6.54 Å². The Hall–Kier alpha value is -4.07. The Kier molecular flexibility index (Phi) is 6.49. The predicted octanol–water partition coefficient (Wildman–Crippen LogP) is 1.99. The molecule has 2 amide bonds. The largest absolute Gasteiger partial charge is 0.493 e. The van der Waals surface area contributed by atoms with Gasteiger partial charge in [-0.2, -0.15) is 0 Å². The SMILES string of the molecule is COc1ccc(C(=O)NNC(=O)c2ccc(=O)n(Cc3ccccc3)c2)cc1OC. The molecule has 0 aliphatic rings. The van der Waals surface area contributed by atoms with E-state index in [9.17, 15) is 14.4 Å². The van der Waals surface area contributed by atoms with Crippen molar-refractivity contribution in [1.29, 1.82) is 0 Å². The fourth-order valence-corrected chi connectivity index (χ4v) is 2.80. The number of nitrogens with one attached hydrogen (secondary N) is 2. The van der Waals surface area contributed by atoms with Gasteiger partial charge in [0.1, 0.15) is 0 Å². The number of hydrogen-bond acceptors (Lipinski definition) is 5. The lowest BCUT2D eigenvalue weighted by Crippen LogP contribution is -2.42. The number of ether oxygens (including phenoxy) is 2. The van der Waals surface area contributed by atoms with Crippen molar-refractivity contribution >= 4 is 11.8 Å². The van der Waals surface area contributed by atoms with Crippen molar-refractivity contribution in [3.8, 4) is 11.5 Å². The number of carbonyl (C=O) groups is 2. The van der Waals surface area contributed by atoms with Gasteiger partial charge in [-0.05, 0) is 29.8 Å². The fraction of sp³-hybridized carbons (Fsp3) is 0.136. The summed E-state index contributed by atoms with van der Waals surface area (Å²) >= 11 is 0. The maximum atomic E-state index is 12.4. The second-order valence-electron chi connectivity index (χ2n) is 6.35. The molecule has 0 unspecified atom stereocenters. The lowest BCUT2D eigenvalue weighted by Gasteiger charge is -2.11. The van der Waals surface area contributed by atoms with Crippen molar-refractivity contribution in [2.75, 3.05) is 14.2 Å². The van der Waals surface area contributed by atoms with E-state index in [1.807, 2.05) is 30.3 Å². The third-order valence-corrected chi connectivity index (χ3v) is 4.38. The van der Waals surface area contributed by atoms with Crippen LogP contribution in [0, 0.1) is 0 Å². The van der Waals surface area contributed by atoms with Crippen molar-refractivity contribution in [2.24, 2.45) is 0 Å². The molecule has 0 aliphatic heterocycles. The van der Waals surface area contributed by atoms with Gasteiger partial charge in [-0.3, -0.25) is 25.2 Å². The first-order chi connectivity index (χ1) is 14.5. The Morgan fingerprint density at radius 1 is 0.833 bits per heavy atom. The monoisotopic (exact) mass is 407 g/mol. The predicted molar refractivity (Wildman–Crippen MR) is 111 cm³/mol. The molecule has 2 N–H and O–H groups in total. The second kappa shape index (κ2) is 9.42. The first-order valence-corrected chi connectivity index (χ1v) is 9.09. The summed E-state index contributed by atoms with van der Waals surface area (Å²) in [6.45, 7) is 0.332. The number of rotatable bonds is 6. The van der Waals surface area contributed by atoms with E-state index in [2.05, 4.69) is 10.9 Å². The Balaban J connectivity index is 1.68. The lowest BCUT2D eigenvalue weighted by molar-refractivity contribution is 0.0846. The zero-order chi connectivity index (χ0) is 21.5. The number of methoxy groups -OCH3 is 2. The Morgan fingerprint density at radius 2 is 1.47 bits per heavy atom. The number of nitrogens with zero attached hydrogens (tertiary/aromatic N) is 1. The molecule has 2 aromatic carbocycles. The van der Waals surface area contributed by atoms with Gasteiger partial charge < -0.3 is 14.0 Å². The minimum Gasteiger partial charge on any atom is -0.493 e. The number of benzene rings is 2. The molecular formula is C22H21N3O5. The van der Waals surface area contributed by atoms with Crippen LogP contribution in [0.15, 0.2) is 71.7 Å². The van der Waals surface area contributed by atoms with Gasteiger partial charge in [0.15, 0.2) is 11.5 Å². The summed E-state index contributed by atoms with van der Waals surface area (Å²) in [6, 6.07) is 16.8. The normalized spacial score (nSPS) is 10.2. The van der Waals surface area contributed by atoms with Crippen LogP contribution in [0.3, 0.4) is 0 Å². The van der Waals surface area contributed by atoms with Gasteiger partial charge in [0.2, 0.25) is 0 Å². The molecule has 0 bridgehead atoms. The Labute approximate surface area is 173 Å². The third kappa shape index (κ3) is 4.85. The van der Waals surface area contributed by atoms with Crippen molar-refractivity contribution in [1.82, 2.24) is 15.4 Å². The molecule has 3 aromatic rings.